The van der Waals surface area contributed by atoms with E-state index in [1.807, 2.05) is 12.1 Å². The standard InChI is InChI=1S/C23H30N2O5/c1-22(2,3)15-8-11-19(17(12-15)23(4,5)6)30-14-21(26)24-18-10-9-16(25(27)28)13-20(18)29-7/h8-13H,14H2,1-7H3,(H,24,26). The number of nitro benzene ring substituents is 1. The summed E-state index contributed by atoms with van der Waals surface area (Å²) < 4.78 is 11.0. The molecule has 2 aromatic rings. The fraction of sp³-hybridized carbons (Fsp3) is 0.435. The van der Waals surface area contributed by atoms with Gasteiger partial charge in [-0.3, -0.25) is 14.9 Å². The Morgan fingerprint density at radius 3 is 2.20 bits per heavy atom. The number of hydrogen-bond acceptors (Lipinski definition) is 5. The monoisotopic (exact) mass is 414 g/mol. The van der Waals surface area contributed by atoms with Crippen molar-refractivity contribution in [2.75, 3.05) is 19.0 Å². The molecule has 2 aromatic carbocycles. The molecule has 0 bridgehead atoms. The van der Waals surface area contributed by atoms with E-state index in [-0.39, 0.29) is 34.8 Å². The van der Waals surface area contributed by atoms with Gasteiger partial charge in [0.2, 0.25) is 0 Å². The number of non-ortho nitro benzene ring substituents is 1. The van der Waals surface area contributed by atoms with Crippen molar-refractivity contribution >= 4 is 17.3 Å². The molecule has 0 fully saturated rings. The van der Waals surface area contributed by atoms with E-state index in [0.29, 0.717) is 11.4 Å². The van der Waals surface area contributed by atoms with Gasteiger partial charge in [-0.05, 0) is 34.1 Å². The van der Waals surface area contributed by atoms with Crippen molar-refractivity contribution in [1.82, 2.24) is 0 Å². The molecule has 7 heteroatoms. The van der Waals surface area contributed by atoms with Crippen LogP contribution in [0.5, 0.6) is 11.5 Å². The summed E-state index contributed by atoms with van der Waals surface area (Å²) in [5, 5.41) is 13.6. The average molecular weight is 415 g/mol. The van der Waals surface area contributed by atoms with Crippen LogP contribution < -0.4 is 14.8 Å². The normalized spacial score (nSPS) is 11.7. The van der Waals surface area contributed by atoms with Crippen LogP contribution in [0.4, 0.5) is 11.4 Å². The molecule has 0 aromatic heterocycles. The van der Waals surface area contributed by atoms with Crippen molar-refractivity contribution in [2.24, 2.45) is 0 Å². The Labute approximate surface area is 177 Å². The average Bonchev–Trinajstić information content (AvgIpc) is 2.64. The number of rotatable bonds is 6. The molecular weight excluding hydrogens is 384 g/mol. The van der Waals surface area contributed by atoms with Crippen LogP contribution in [0.1, 0.15) is 52.7 Å². The third-order valence-corrected chi connectivity index (χ3v) is 4.68. The molecule has 2 rings (SSSR count). The number of anilines is 1. The number of hydrogen-bond donors (Lipinski definition) is 1. The zero-order chi connectivity index (χ0) is 22.7. The largest absolute Gasteiger partial charge is 0.494 e. The fourth-order valence-electron chi connectivity index (χ4n) is 2.93. The van der Waals surface area contributed by atoms with Gasteiger partial charge in [0.25, 0.3) is 11.6 Å². The van der Waals surface area contributed by atoms with Crippen molar-refractivity contribution in [3.8, 4) is 11.5 Å². The van der Waals surface area contributed by atoms with Crippen molar-refractivity contribution in [2.45, 2.75) is 52.4 Å². The molecule has 0 spiro atoms. The number of nitrogens with zero attached hydrogens (tertiary/aromatic N) is 1. The zero-order valence-electron chi connectivity index (χ0n) is 18.7. The van der Waals surface area contributed by atoms with Crippen LogP contribution in [0.15, 0.2) is 36.4 Å². The number of benzene rings is 2. The SMILES string of the molecule is COc1cc([N+](=O)[O-])ccc1NC(=O)COc1ccc(C(C)(C)C)cc1C(C)(C)C. The smallest absolute Gasteiger partial charge is 0.273 e. The number of nitrogens with one attached hydrogen (secondary N) is 1. The first-order valence-electron chi connectivity index (χ1n) is 9.73. The number of carbonyl (C=O) groups is 1. The Morgan fingerprint density at radius 2 is 1.67 bits per heavy atom. The molecule has 0 saturated carbocycles. The second-order valence-electron chi connectivity index (χ2n) is 9.19. The van der Waals surface area contributed by atoms with Gasteiger partial charge in [0, 0.05) is 6.07 Å². The summed E-state index contributed by atoms with van der Waals surface area (Å²) >= 11 is 0. The maximum atomic E-state index is 12.4. The minimum Gasteiger partial charge on any atom is -0.494 e. The Bertz CT molecular complexity index is 940. The lowest BCUT2D eigenvalue weighted by Gasteiger charge is -2.27. The lowest BCUT2D eigenvalue weighted by atomic mass is 9.80. The summed E-state index contributed by atoms with van der Waals surface area (Å²) in [7, 11) is 1.39. The molecule has 1 N–H and O–H groups in total. The topological polar surface area (TPSA) is 90.7 Å². The van der Waals surface area contributed by atoms with Crippen molar-refractivity contribution < 1.29 is 19.2 Å². The summed E-state index contributed by atoms with van der Waals surface area (Å²) in [5.41, 5.74) is 2.29. The van der Waals surface area contributed by atoms with Gasteiger partial charge >= 0.3 is 0 Å². The second kappa shape index (κ2) is 8.73. The van der Waals surface area contributed by atoms with Crippen LogP contribution in [0.2, 0.25) is 0 Å². The summed E-state index contributed by atoms with van der Waals surface area (Å²) in [5.74, 6) is 0.477. The van der Waals surface area contributed by atoms with Crippen molar-refractivity contribution in [3.63, 3.8) is 0 Å². The van der Waals surface area contributed by atoms with Gasteiger partial charge in [0.15, 0.2) is 6.61 Å². The van der Waals surface area contributed by atoms with E-state index in [4.69, 9.17) is 9.47 Å². The Morgan fingerprint density at radius 1 is 1.00 bits per heavy atom. The van der Waals surface area contributed by atoms with Gasteiger partial charge < -0.3 is 14.8 Å². The molecule has 0 aliphatic carbocycles. The molecular formula is C23H30N2O5. The second-order valence-corrected chi connectivity index (χ2v) is 9.19. The summed E-state index contributed by atoms with van der Waals surface area (Å²) in [6.07, 6.45) is 0. The highest BCUT2D eigenvalue weighted by Gasteiger charge is 2.23. The van der Waals surface area contributed by atoms with Crippen molar-refractivity contribution in [1.29, 1.82) is 0 Å². The van der Waals surface area contributed by atoms with Gasteiger partial charge in [-0.25, -0.2) is 0 Å². The third kappa shape index (κ3) is 5.72. The molecule has 0 radical (unpaired) electrons. The Hall–Kier alpha value is -3.09. The van der Waals surface area contributed by atoms with Crippen LogP contribution in [-0.4, -0.2) is 24.5 Å². The lowest BCUT2D eigenvalue weighted by molar-refractivity contribution is -0.384. The quantitative estimate of drug-likeness (QED) is 0.517. The highest BCUT2D eigenvalue weighted by Crippen LogP contribution is 2.35. The zero-order valence-corrected chi connectivity index (χ0v) is 18.7. The molecule has 7 nitrogen and oxygen atoms in total. The number of amides is 1. The Balaban J connectivity index is 2.17. The van der Waals surface area contributed by atoms with Gasteiger partial charge in [0.05, 0.1) is 23.8 Å². The molecule has 0 unspecified atom stereocenters. The van der Waals surface area contributed by atoms with E-state index in [9.17, 15) is 14.9 Å². The van der Waals surface area contributed by atoms with E-state index >= 15 is 0 Å². The number of carbonyl (C=O) groups excluding carboxylic acids is 1. The van der Waals surface area contributed by atoms with E-state index in [1.54, 1.807) is 0 Å². The van der Waals surface area contributed by atoms with Crippen LogP contribution in [0.25, 0.3) is 0 Å². The van der Waals surface area contributed by atoms with E-state index in [0.717, 1.165) is 5.56 Å². The molecule has 30 heavy (non-hydrogen) atoms. The minimum absolute atomic E-state index is 0.00236. The first-order chi connectivity index (χ1) is 13.8. The molecule has 0 aliphatic heterocycles. The minimum atomic E-state index is -0.521. The van der Waals surface area contributed by atoms with Crippen LogP contribution >= 0.6 is 0 Å². The molecule has 0 atom stereocenters. The molecule has 1 amide bonds. The maximum absolute atomic E-state index is 12.4. The van der Waals surface area contributed by atoms with Crippen LogP contribution in [0.3, 0.4) is 0 Å². The molecule has 0 heterocycles. The van der Waals surface area contributed by atoms with E-state index in [2.05, 4.69) is 52.9 Å². The van der Waals surface area contributed by atoms with Gasteiger partial charge in [-0.2, -0.15) is 0 Å². The maximum Gasteiger partial charge on any atom is 0.273 e. The predicted octanol–water partition coefficient (Wildman–Crippen LogP) is 5.22. The first-order valence-corrected chi connectivity index (χ1v) is 9.73. The number of nitro groups is 1. The highest BCUT2D eigenvalue weighted by molar-refractivity contribution is 5.93. The van der Waals surface area contributed by atoms with E-state index in [1.165, 1.54) is 30.9 Å². The molecule has 162 valence electrons. The van der Waals surface area contributed by atoms with Crippen LogP contribution in [0, 0.1) is 10.1 Å². The molecule has 0 aliphatic rings. The summed E-state index contributed by atoms with van der Waals surface area (Å²) in [4.78, 5) is 22.8. The van der Waals surface area contributed by atoms with E-state index < -0.39 is 4.92 Å². The summed E-state index contributed by atoms with van der Waals surface area (Å²) in [6.45, 7) is 12.6. The third-order valence-electron chi connectivity index (χ3n) is 4.68. The van der Waals surface area contributed by atoms with Crippen LogP contribution in [-0.2, 0) is 15.6 Å². The Kier molecular flexibility index (Phi) is 6.75. The molecule has 0 saturated heterocycles. The highest BCUT2D eigenvalue weighted by atomic mass is 16.6. The number of methoxy groups -OCH3 is 1. The van der Waals surface area contributed by atoms with Gasteiger partial charge in [-0.15, -0.1) is 0 Å². The summed E-state index contributed by atoms with van der Waals surface area (Å²) in [6, 6.07) is 10.1. The van der Waals surface area contributed by atoms with Crippen molar-refractivity contribution in [3.05, 3.63) is 57.6 Å². The fourth-order valence-corrected chi connectivity index (χ4v) is 2.93. The number of ether oxygens (including phenoxy) is 2. The predicted molar refractivity (Wildman–Crippen MR) is 118 cm³/mol. The first kappa shape index (κ1) is 23.2. The van der Waals surface area contributed by atoms with Gasteiger partial charge in [-0.1, -0.05) is 53.7 Å². The lowest BCUT2D eigenvalue weighted by Crippen LogP contribution is -2.23. The van der Waals surface area contributed by atoms with Gasteiger partial charge in [0.1, 0.15) is 11.5 Å².